The van der Waals surface area contributed by atoms with E-state index in [-0.39, 0.29) is 5.69 Å². The molecule has 1 aliphatic heterocycles. The molecule has 2 aromatic carbocycles. The van der Waals surface area contributed by atoms with Crippen LogP contribution in [0.2, 0.25) is 0 Å². The van der Waals surface area contributed by atoms with Gasteiger partial charge in [-0.15, -0.1) is 0 Å². The number of nitrogens with one attached hydrogen (secondary N) is 2. The van der Waals surface area contributed by atoms with E-state index in [4.69, 9.17) is 4.74 Å². The van der Waals surface area contributed by atoms with Gasteiger partial charge >= 0.3 is 0 Å². The molecule has 0 bridgehead atoms. The quantitative estimate of drug-likeness (QED) is 0.775. The molecule has 1 saturated heterocycles. The summed E-state index contributed by atoms with van der Waals surface area (Å²) in [4.78, 5) is 27.6. The van der Waals surface area contributed by atoms with Gasteiger partial charge in [-0.3, -0.25) is 9.59 Å². The molecule has 28 heavy (non-hydrogen) atoms. The highest BCUT2D eigenvalue weighted by molar-refractivity contribution is 6.14. The van der Waals surface area contributed by atoms with Crippen molar-refractivity contribution in [1.29, 1.82) is 0 Å². The molecule has 0 atom stereocenters. The SMILES string of the molecule is CC(C)(C(=O)Nc1ccccc1F)C(=O)Nc1ccccc1N1CCOCC1. The zero-order chi connectivity index (χ0) is 20.1. The Labute approximate surface area is 163 Å². The van der Waals surface area contributed by atoms with Gasteiger partial charge in [0.1, 0.15) is 11.2 Å². The molecule has 0 aromatic heterocycles. The molecule has 1 fully saturated rings. The second kappa shape index (κ2) is 8.39. The van der Waals surface area contributed by atoms with Crippen LogP contribution in [0.5, 0.6) is 0 Å². The number of morpholine rings is 1. The van der Waals surface area contributed by atoms with Crippen LogP contribution in [0, 0.1) is 11.2 Å². The Morgan fingerprint density at radius 3 is 2.11 bits per heavy atom. The minimum absolute atomic E-state index is 0.0436. The Balaban J connectivity index is 1.74. The first-order valence-electron chi connectivity index (χ1n) is 9.19. The van der Waals surface area contributed by atoms with E-state index in [9.17, 15) is 14.0 Å². The molecule has 148 valence electrons. The summed E-state index contributed by atoms with van der Waals surface area (Å²) in [6.45, 7) is 5.72. The van der Waals surface area contributed by atoms with E-state index in [0.717, 1.165) is 18.8 Å². The number of halogens is 1. The van der Waals surface area contributed by atoms with Gasteiger partial charge in [0.2, 0.25) is 11.8 Å². The lowest BCUT2D eigenvalue weighted by Gasteiger charge is -2.31. The lowest BCUT2D eigenvalue weighted by molar-refractivity contribution is -0.135. The summed E-state index contributed by atoms with van der Waals surface area (Å²) >= 11 is 0. The van der Waals surface area contributed by atoms with E-state index < -0.39 is 23.0 Å². The maximum Gasteiger partial charge on any atom is 0.239 e. The molecule has 1 aliphatic rings. The number of para-hydroxylation sites is 3. The van der Waals surface area contributed by atoms with Crippen LogP contribution < -0.4 is 15.5 Å². The fourth-order valence-electron chi connectivity index (χ4n) is 2.88. The van der Waals surface area contributed by atoms with Crippen LogP contribution in [-0.2, 0) is 14.3 Å². The van der Waals surface area contributed by atoms with Crippen LogP contribution in [0.1, 0.15) is 13.8 Å². The molecule has 7 heteroatoms. The molecular formula is C21H24FN3O3. The molecule has 0 unspecified atom stereocenters. The number of amides is 2. The second-order valence-corrected chi connectivity index (χ2v) is 7.13. The number of nitrogens with zero attached hydrogens (tertiary/aromatic N) is 1. The van der Waals surface area contributed by atoms with E-state index in [0.29, 0.717) is 18.9 Å². The molecule has 1 heterocycles. The summed E-state index contributed by atoms with van der Waals surface area (Å²) in [5, 5.41) is 5.35. The number of hydrogen-bond acceptors (Lipinski definition) is 4. The maximum atomic E-state index is 13.8. The lowest BCUT2D eigenvalue weighted by Crippen LogP contribution is -2.42. The normalized spacial score (nSPS) is 14.5. The average molecular weight is 385 g/mol. The Bertz CT molecular complexity index is 863. The Kier molecular flexibility index (Phi) is 5.94. The van der Waals surface area contributed by atoms with Gasteiger partial charge < -0.3 is 20.3 Å². The molecule has 0 radical (unpaired) electrons. The van der Waals surface area contributed by atoms with Gasteiger partial charge in [0.05, 0.1) is 30.3 Å². The molecule has 2 N–H and O–H groups in total. The molecule has 0 aliphatic carbocycles. The average Bonchev–Trinajstić information content (AvgIpc) is 2.70. The third kappa shape index (κ3) is 4.31. The zero-order valence-electron chi connectivity index (χ0n) is 16.0. The lowest BCUT2D eigenvalue weighted by atomic mass is 9.90. The highest BCUT2D eigenvalue weighted by Crippen LogP contribution is 2.29. The summed E-state index contributed by atoms with van der Waals surface area (Å²) in [6, 6.07) is 13.3. The standard InChI is InChI=1S/C21H24FN3O3/c1-21(2,19(26)23-16-8-4-3-7-15(16)22)20(27)24-17-9-5-6-10-18(17)25-11-13-28-14-12-25/h3-10H,11-14H2,1-2H3,(H,23,26)(H,24,27). The fraction of sp³-hybridized carbons (Fsp3) is 0.333. The van der Waals surface area contributed by atoms with Gasteiger partial charge in [-0.05, 0) is 38.1 Å². The summed E-state index contributed by atoms with van der Waals surface area (Å²) < 4.78 is 19.2. The molecule has 2 amide bonds. The molecule has 6 nitrogen and oxygen atoms in total. The first kappa shape index (κ1) is 19.8. The minimum atomic E-state index is -1.40. The number of hydrogen-bond donors (Lipinski definition) is 2. The predicted octanol–water partition coefficient (Wildman–Crippen LogP) is 3.27. The first-order chi connectivity index (χ1) is 13.4. The summed E-state index contributed by atoms with van der Waals surface area (Å²) in [7, 11) is 0. The van der Waals surface area contributed by atoms with Crippen molar-refractivity contribution in [3.63, 3.8) is 0 Å². The van der Waals surface area contributed by atoms with Gasteiger partial charge in [-0.1, -0.05) is 24.3 Å². The molecular weight excluding hydrogens is 361 g/mol. The van der Waals surface area contributed by atoms with E-state index in [2.05, 4.69) is 15.5 Å². The van der Waals surface area contributed by atoms with Crippen molar-refractivity contribution < 1.29 is 18.7 Å². The van der Waals surface area contributed by atoms with E-state index in [1.165, 1.54) is 32.0 Å². The Hall–Kier alpha value is -2.93. The zero-order valence-corrected chi connectivity index (χ0v) is 16.0. The number of anilines is 3. The number of rotatable bonds is 5. The van der Waals surface area contributed by atoms with Crippen LogP contribution >= 0.6 is 0 Å². The fourth-order valence-corrected chi connectivity index (χ4v) is 2.88. The van der Waals surface area contributed by atoms with Crippen molar-refractivity contribution in [3.8, 4) is 0 Å². The summed E-state index contributed by atoms with van der Waals surface area (Å²) in [5.74, 6) is -1.61. The van der Waals surface area contributed by atoms with Gasteiger partial charge in [0, 0.05) is 13.1 Å². The van der Waals surface area contributed by atoms with Gasteiger partial charge in [0.25, 0.3) is 0 Å². The Morgan fingerprint density at radius 2 is 1.46 bits per heavy atom. The maximum absolute atomic E-state index is 13.8. The smallest absolute Gasteiger partial charge is 0.239 e. The van der Waals surface area contributed by atoms with Gasteiger partial charge in [-0.25, -0.2) is 4.39 Å². The summed E-state index contributed by atoms with van der Waals surface area (Å²) in [5.41, 5.74) is 0.146. The van der Waals surface area contributed by atoms with Crippen LogP contribution in [0.15, 0.2) is 48.5 Å². The van der Waals surface area contributed by atoms with Crippen molar-refractivity contribution in [3.05, 3.63) is 54.3 Å². The van der Waals surface area contributed by atoms with Crippen LogP contribution in [-0.4, -0.2) is 38.1 Å². The van der Waals surface area contributed by atoms with Crippen molar-refractivity contribution in [2.75, 3.05) is 41.8 Å². The number of carbonyl (C=O) groups is 2. The van der Waals surface area contributed by atoms with Gasteiger partial charge in [-0.2, -0.15) is 0 Å². The van der Waals surface area contributed by atoms with Crippen molar-refractivity contribution >= 4 is 28.9 Å². The van der Waals surface area contributed by atoms with E-state index in [1.54, 1.807) is 12.1 Å². The third-order valence-corrected chi connectivity index (χ3v) is 4.76. The highest BCUT2D eigenvalue weighted by atomic mass is 19.1. The molecule has 0 spiro atoms. The second-order valence-electron chi connectivity index (χ2n) is 7.13. The summed E-state index contributed by atoms with van der Waals surface area (Å²) in [6.07, 6.45) is 0. The van der Waals surface area contributed by atoms with E-state index in [1.807, 2.05) is 18.2 Å². The van der Waals surface area contributed by atoms with Crippen LogP contribution in [0.25, 0.3) is 0 Å². The number of benzene rings is 2. The van der Waals surface area contributed by atoms with Crippen molar-refractivity contribution in [2.45, 2.75) is 13.8 Å². The van der Waals surface area contributed by atoms with Crippen LogP contribution in [0.4, 0.5) is 21.5 Å². The highest BCUT2D eigenvalue weighted by Gasteiger charge is 2.37. The minimum Gasteiger partial charge on any atom is -0.378 e. The first-order valence-corrected chi connectivity index (χ1v) is 9.19. The van der Waals surface area contributed by atoms with Crippen molar-refractivity contribution in [2.24, 2.45) is 5.41 Å². The van der Waals surface area contributed by atoms with Crippen LogP contribution in [0.3, 0.4) is 0 Å². The molecule has 2 aromatic rings. The Morgan fingerprint density at radius 1 is 0.929 bits per heavy atom. The predicted molar refractivity (Wildman–Crippen MR) is 107 cm³/mol. The number of ether oxygens (including phenoxy) is 1. The number of carbonyl (C=O) groups excluding carboxylic acids is 2. The molecule has 3 rings (SSSR count). The van der Waals surface area contributed by atoms with Gasteiger partial charge in [0.15, 0.2) is 0 Å². The topological polar surface area (TPSA) is 70.7 Å². The monoisotopic (exact) mass is 385 g/mol. The third-order valence-electron chi connectivity index (χ3n) is 4.76. The largest absolute Gasteiger partial charge is 0.378 e. The van der Waals surface area contributed by atoms with E-state index >= 15 is 0 Å². The van der Waals surface area contributed by atoms with Crippen molar-refractivity contribution in [1.82, 2.24) is 0 Å². The molecule has 0 saturated carbocycles.